The van der Waals surface area contributed by atoms with Crippen LogP contribution in [0.3, 0.4) is 0 Å². The van der Waals surface area contributed by atoms with Crippen molar-refractivity contribution in [3.63, 3.8) is 0 Å². The van der Waals surface area contributed by atoms with Gasteiger partial charge < -0.3 is 10.1 Å². The Labute approximate surface area is 159 Å². The Kier molecular flexibility index (Phi) is 6.70. The first-order valence-electron chi connectivity index (χ1n) is 7.77. The fraction of sp³-hybridized carbons (Fsp3) is 0.294. The molecule has 1 aromatic heterocycles. The number of esters is 1. The van der Waals surface area contributed by atoms with Crippen LogP contribution in [0.2, 0.25) is 0 Å². The van der Waals surface area contributed by atoms with E-state index in [1.54, 1.807) is 17.5 Å². The van der Waals surface area contributed by atoms with Crippen molar-refractivity contribution in [3.05, 3.63) is 57.3 Å². The predicted octanol–water partition coefficient (Wildman–Crippen LogP) is 4.76. The van der Waals surface area contributed by atoms with Gasteiger partial charge in [-0.1, -0.05) is 6.07 Å². The largest absolute Gasteiger partial charge is 0.462 e. The molecule has 1 N–H and O–H groups in total. The van der Waals surface area contributed by atoms with Gasteiger partial charge in [-0.25, -0.2) is 4.79 Å². The van der Waals surface area contributed by atoms with E-state index >= 15 is 0 Å². The number of hydrogen-bond acceptors (Lipinski definition) is 4. The molecule has 28 heavy (non-hydrogen) atoms. The van der Waals surface area contributed by atoms with E-state index in [1.807, 2.05) is 0 Å². The Bertz CT molecular complexity index is 798. The van der Waals surface area contributed by atoms with E-state index in [0.29, 0.717) is 17.0 Å². The number of carbonyl (C=O) groups excluding carboxylic acids is 2. The molecule has 2 rings (SSSR count). The molecule has 11 heteroatoms. The number of nitrogens with one attached hydrogen (secondary N) is 1. The number of ether oxygens (including phenoxy) is 1. The Morgan fingerprint density at radius 2 is 1.61 bits per heavy atom. The van der Waals surface area contributed by atoms with Gasteiger partial charge in [0.25, 0.3) is 5.91 Å². The zero-order valence-corrected chi connectivity index (χ0v) is 14.8. The average molecular weight is 425 g/mol. The summed E-state index contributed by atoms with van der Waals surface area (Å²) in [7, 11) is 0. The van der Waals surface area contributed by atoms with Gasteiger partial charge in [-0.15, -0.1) is 11.3 Å². The molecule has 1 heterocycles. The number of thiophene rings is 1. The number of hydrogen-bond donors (Lipinski definition) is 1. The Balaban J connectivity index is 1.95. The fourth-order valence-corrected chi connectivity index (χ4v) is 2.73. The van der Waals surface area contributed by atoms with Crippen molar-refractivity contribution in [2.24, 2.45) is 0 Å². The summed E-state index contributed by atoms with van der Waals surface area (Å²) in [6.45, 7) is -0.179. The number of alkyl halides is 6. The molecule has 0 unspecified atom stereocenters. The minimum absolute atomic E-state index is 0.0725. The maximum Gasteiger partial charge on any atom is 0.416 e. The number of amides is 1. The van der Waals surface area contributed by atoms with Crippen molar-refractivity contribution < 1.29 is 40.7 Å². The molecule has 2 aromatic rings. The van der Waals surface area contributed by atoms with Crippen molar-refractivity contribution in [3.8, 4) is 0 Å². The monoisotopic (exact) mass is 425 g/mol. The molecule has 1 aromatic carbocycles. The molecule has 0 bridgehead atoms. The van der Waals surface area contributed by atoms with E-state index in [-0.39, 0.29) is 31.5 Å². The van der Waals surface area contributed by atoms with Crippen molar-refractivity contribution >= 4 is 23.2 Å². The molecule has 0 radical (unpaired) electrons. The van der Waals surface area contributed by atoms with Crippen LogP contribution in [0.1, 0.15) is 37.6 Å². The number of benzene rings is 1. The molecule has 152 valence electrons. The van der Waals surface area contributed by atoms with Gasteiger partial charge in [-0.05, 0) is 36.1 Å². The third kappa shape index (κ3) is 5.98. The molecule has 0 aliphatic carbocycles. The van der Waals surface area contributed by atoms with Gasteiger partial charge in [-0.2, -0.15) is 26.3 Å². The smallest absolute Gasteiger partial charge is 0.416 e. The van der Waals surface area contributed by atoms with Crippen LogP contribution >= 0.6 is 11.3 Å². The number of carbonyl (C=O) groups is 2. The van der Waals surface area contributed by atoms with Gasteiger partial charge in [0.15, 0.2) is 0 Å². The third-order valence-corrected chi connectivity index (χ3v) is 4.28. The van der Waals surface area contributed by atoms with E-state index < -0.39 is 35.0 Å². The second kappa shape index (κ2) is 8.63. The number of rotatable bonds is 6. The van der Waals surface area contributed by atoms with Gasteiger partial charge in [0, 0.05) is 6.54 Å². The summed E-state index contributed by atoms with van der Waals surface area (Å²) < 4.78 is 81.4. The van der Waals surface area contributed by atoms with Crippen LogP contribution in [0, 0.1) is 0 Å². The van der Waals surface area contributed by atoms with Gasteiger partial charge >= 0.3 is 18.3 Å². The molecule has 0 spiro atoms. The third-order valence-electron chi connectivity index (χ3n) is 3.41. The van der Waals surface area contributed by atoms with E-state index in [2.05, 4.69) is 5.32 Å². The lowest BCUT2D eigenvalue weighted by molar-refractivity contribution is -0.143. The van der Waals surface area contributed by atoms with E-state index in [4.69, 9.17) is 4.74 Å². The summed E-state index contributed by atoms with van der Waals surface area (Å²) in [5.74, 6) is -1.66. The minimum Gasteiger partial charge on any atom is -0.462 e. The first-order chi connectivity index (χ1) is 13.0. The predicted molar refractivity (Wildman–Crippen MR) is 88.0 cm³/mol. The van der Waals surface area contributed by atoms with Crippen molar-refractivity contribution in [2.45, 2.75) is 18.8 Å². The zero-order valence-electron chi connectivity index (χ0n) is 14.0. The molecule has 0 saturated heterocycles. The van der Waals surface area contributed by atoms with Crippen LogP contribution in [-0.4, -0.2) is 25.0 Å². The molecular weight excluding hydrogens is 412 g/mol. The normalized spacial score (nSPS) is 11.9. The molecule has 0 atom stereocenters. The second-order valence-electron chi connectivity index (χ2n) is 5.52. The topological polar surface area (TPSA) is 55.4 Å². The minimum atomic E-state index is -5.05. The van der Waals surface area contributed by atoms with Crippen LogP contribution < -0.4 is 5.32 Å². The first-order valence-corrected chi connectivity index (χ1v) is 8.65. The molecule has 0 saturated carbocycles. The van der Waals surface area contributed by atoms with Crippen LogP contribution in [0.5, 0.6) is 0 Å². The van der Waals surface area contributed by atoms with Crippen LogP contribution in [0.15, 0.2) is 35.7 Å². The lowest BCUT2D eigenvalue weighted by atomic mass is 10.0. The Morgan fingerprint density at radius 1 is 1.00 bits per heavy atom. The number of halogens is 6. The van der Waals surface area contributed by atoms with Crippen molar-refractivity contribution in [1.82, 2.24) is 5.32 Å². The Morgan fingerprint density at radius 3 is 2.11 bits per heavy atom. The van der Waals surface area contributed by atoms with Crippen molar-refractivity contribution in [1.29, 1.82) is 0 Å². The molecule has 4 nitrogen and oxygen atoms in total. The van der Waals surface area contributed by atoms with E-state index in [1.165, 1.54) is 11.3 Å². The lowest BCUT2D eigenvalue weighted by Gasteiger charge is -2.14. The fourth-order valence-electron chi connectivity index (χ4n) is 2.09. The zero-order chi connectivity index (χ0) is 20.9. The molecular formula is C17H13F6NO3S. The highest BCUT2D eigenvalue weighted by molar-refractivity contribution is 7.12. The molecule has 1 amide bonds. The van der Waals surface area contributed by atoms with Gasteiger partial charge in [0.1, 0.15) is 0 Å². The Hall–Kier alpha value is -2.56. The van der Waals surface area contributed by atoms with Crippen molar-refractivity contribution in [2.75, 3.05) is 13.2 Å². The summed E-state index contributed by atoms with van der Waals surface area (Å²) in [4.78, 5) is 24.0. The summed E-state index contributed by atoms with van der Waals surface area (Å²) in [5.41, 5.74) is -4.06. The maximum atomic E-state index is 12.8. The lowest BCUT2D eigenvalue weighted by Crippen LogP contribution is -2.24. The van der Waals surface area contributed by atoms with Crippen LogP contribution in [0.4, 0.5) is 26.3 Å². The molecule has 0 fully saturated rings. The van der Waals surface area contributed by atoms with Gasteiger partial charge in [0.05, 0.1) is 28.2 Å². The maximum absolute atomic E-state index is 12.8. The van der Waals surface area contributed by atoms with Crippen LogP contribution in [0.25, 0.3) is 0 Å². The molecule has 0 aliphatic heterocycles. The highest BCUT2D eigenvalue weighted by atomic mass is 32.1. The summed E-state index contributed by atoms with van der Waals surface area (Å²) in [6.07, 6.45) is -9.97. The second-order valence-corrected chi connectivity index (χ2v) is 6.46. The highest BCUT2D eigenvalue weighted by Gasteiger charge is 2.37. The summed E-state index contributed by atoms with van der Waals surface area (Å²) in [6, 6.07) is 3.82. The first kappa shape index (κ1) is 21.7. The average Bonchev–Trinajstić information content (AvgIpc) is 3.14. The quantitative estimate of drug-likeness (QED) is 0.412. The SMILES string of the molecule is O=C(OCCCNC(=O)c1cccs1)c1cc(C(F)(F)F)cc(C(F)(F)F)c1. The summed E-state index contributed by atoms with van der Waals surface area (Å²) >= 11 is 1.22. The highest BCUT2D eigenvalue weighted by Crippen LogP contribution is 2.36. The van der Waals surface area contributed by atoms with Gasteiger partial charge in [-0.3, -0.25) is 4.79 Å². The van der Waals surface area contributed by atoms with E-state index in [0.717, 1.165) is 0 Å². The van der Waals surface area contributed by atoms with Crippen LogP contribution in [-0.2, 0) is 17.1 Å². The summed E-state index contributed by atoms with van der Waals surface area (Å²) in [5, 5.41) is 4.25. The van der Waals surface area contributed by atoms with Gasteiger partial charge in [0.2, 0.25) is 0 Å². The standard InChI is InChI=1S/C17H13F6NO3S/c18-16(19,20)11-7-10(8-12(9-11)17(21,22)23)15(26)27-5-2-4-24-14(25)13-3-1-6-28-13/h1,3,6-9H,2,4-5H2,(H,24,25). The van der Waals surface area contributed by atoms with E-state index in [9.17, 15) is 35.9 Å². The molecule has 0 aliphatic rings.